The van der Waals surface area contributed by atoms with Crippen molar-refractivity contribution < 1.29 is 9.53 Å². The van der Waals surface area contributed by atoms with Crippen LogP contribution in [0.5, 0.6) is 5.88 Å². The van der Waals surface area contributed by atoms with E-state index < -0.39 is 5.54 Å². The van der Waals surface area contributed by atoms with Crippen LogP contribution in [0.4, 0.5) is 0 Å². The van der Waals surface area contributed by atoms with Crippen LogP contribution in [0.3, 0.4) is 0 Å². The first-order valence-electron chi connectivity index (χ1n) is 7.83. The van der Waals surface area contributed by atoms with Crippen molar-refractivity contribution in [2.75, 3.05) is 12.9 Å². The lowest BCUT2D eigenvalue weighted by Crippen LogP contribution is -2.29. The molecule has 2 aromatic heterocycles. The fraction of sp³-hybridized carbons (Fsp3) is 0.353. The van der Waals surface area contributed by atoms with E-state index in [-0.39, 0.29) is 12.2 Å². The van der Waals surface area contributed by atoms with Crippen LogP contribution in [0.1, 0.15) is 35.1 Å². The normalized spacial score (nSPS) is 20.0. The number of Topliss-reactive ketones (excluding diaryl/α,β-unsaturated/α-hetero) is 1. The molecule has 2 aromatic rings. The molecule has 0 radical (unpaired) electrons. The van der Waals surface area contributed by atoms with E-state index in [0.29, 0.717) is 16.7 Å². The van der Waals surface area contributed by atoms with Crippen LogP contribution in [0.15, 0.2) is 35.7 Å². The van der Waals surface area contributed by atoms with Crippen LogP contribution in [-0.4, -0.2) is 38.8 Å². The predicted octanol–water partition coefficient (Wildman–Crippen LogP) is 1.97. The molecule has 0 unspecified atom stereocenters. The molecule has 130 valence electrons. The molecule has 3 heterocycles. The lowest BCUT2D eigenvalue weighted by atomic mass is 9.93. The van der Waals surface area contributed by atoms with Gasteiger partial charge in [0.25, 0.3) is 0 Å². The third-order valence-corrected chi connectivity index (χ3v) is 4.85. The highest BCUT2D eigenvalue weighted by atomic mass is 32.2. The van der Waals surface area contributed by atoms with E-state index in [1.165, 1.54) is 19.5 Å². The molecular weight excluding hydrogens is 338 g/mol. The molecule has 0 saturated heterocycles. The summed E-state index contributed by atoms with van der Waals surface area (Å²) >= 11 is 1.55. The highest BCUT2D eigenvalue weighted by molar-refractivity contribution is 8.13. The second-order valence-corrected chi connectivity index (χ2v) is 7.03. The Kier molecular flexibility index (Phi) is 4.98. The van der Waals surface area contributed by atoms with Crippen molar-refractivity contribution in [3.05, 3.63) is 47.7 Å². The number of methoxy groups -OCH3 is 1. The van der Waals surface area contributed by atoms with Gasteiger partial charge in [0.2, 0.25) is 5.88 Å². The van der Waals surface area contributed by atoms with E-state index in [1.807, 2.05) is 19.1 Å². The van der Waals surface area contributed by atoms with Crippen LogP contribution >= 0.6 is 11.8 Å². The molecule has 1 atom stereocenters. The van der Waals surface area contributed by atoms with Gasteiger partial charge in [-0.25, -0.2) is 15.0 Å². The first kappa shape index (κ1) is 17.3. The third kappa shape index (κ3) is 3.96. The maximum absolute atomic E-state index is 12.4. The molecule has 0 amide bonds. The van der Waals surface area contributed by atoms with Crippen molar-refractivity contribution in [1.29, 1.82) is 0 Å². The number of nitrogens with zero attached hydrogens (tertiary/aromatic N) is 4. The summed E-state index contributed by atoms with van der Waals surface area (Å²) in [6.07, 6.45) is 5.64. The minimum atomic E-state index is -0.450. The average Bonchev–Trinajstić information content (AvgIpc) is 2.62. The van der Waals surface area contributed by atoms with E-state index in [0.717, 1.165) is 23.4 Å². The van der Waals surface area contributed by atoms with Gasteiger partial charge in [0.15, 0.2) is 11.0 Å². The standard InChI is InChI=1S/C17H19N5O2S/c1-17(4-6-25-16(18)22-17)14-8-11(3-5-19-14)7-13(23)12-9-21-15(24-2)10-20-12/h3,5,8-10H,4,6-7H2,1-2H3,(H2,18,22)/t17-/m0/s1. The fourth-order valence-corrected chi connectivity index (χ4v) is 3.57. The smallest absolute Gasteiger partial charge is 0.232 e. The van der Waals surface area contributed by atoms with E-state index in [9.17, 15) is 4.79 Å². The van der Waals surface area contributed by atoms with Gasteiger partial charge in [-0.1, -0.05) is 11.8 Å². The Morgan fingerprint density at radius 1 is 1.36 bits per heavy atom. The predicted molar refractivity (Wildman–Crippen MR) is 96.9 cm³/mol. The number of aromatic nitrogens is 3. The zero-order valence-electron chi connectivity index (χ0n) is 14.1. The number of hydrogen-bond acceptors (Lipinski definition) is 8. The summed E-state index contributed by atoms with van der Waals surface area (Å²) in [4.78, 5) is 29.5. The summed E-state index contributed by atoms with van der Waals surface area (Å²) in [5, 5.41) is 0.575. The highest BCUT2D eigenvalue weighted by Gasteiger charge is 2.31. The van der Waals surface area contributed by atoms with Gasteiger partial charge in [-0.15, -0.1) is 0 Å². The molecule has 8 heteroatoms. The van der Waals surface area contributed by atoms with Crippen LogP contribution in [0, 0.1) is 0 Å². The summed E-state index contributed by atoms with van der Waals surface area (Å²) in [6.45, 7) is 2.02. The molecular formula is C17H19N5O2S. The Morgan fingerprint density at radius 3 is 2.88 bits per heavy atom. The van der Waals surface area contributed by atoms with Crippen LogP contribution < -0.4 is 10.5 Å². The second-order valence-electron chi connectivity index (χ2n) is 5.92. The number of hydrogen-bond donors (Lipinski definition) is 1. The summed E-state index contributed by atoms with van der Waals surface area (Å²) in [6, 6.07) is 3.74. The summed E-state index contributed by atoms with van der Waals surface area (Å²) in [5.41, 5.74) is 7.41. The quantitative estimate of drug-likeness (QED) is 0.816. The Labute approximate surface area is 150 Å². The highest BCUT2D eigenvalue weighted by Crippen LogP contribution is 2.34. The van der Waals surface area contributed by atoms with Gasteiger partial charge < -0.3 is 10.5 Å². The third-order valence-electron chi connectivity index (χ3n) is 4.06. The Balaban J connectivity index is 1.79. The number of carbonyl (C=O) groups excluding carboxylic acids is 1. The van der Waals surface area contributed by atoms with Gasteiger partial charge in [0, 0.05) is 18.4 Å². The van der Waals surface area contributed by atoms with Gasteiger partial charge in [-0.2, -0.15) is 0 Å². The number of aliphatic imine (C=N–C) groups is 1. The number of nitrogens with two attached hydrogens (primary N) is 1. The molecule has 1 aliphatic heterocycles. The first-order chi connectivity index (χ1) is 12.0. The molecule has 25 heavy (non-hydrogen) atoms. The maximum Gasteiger partial charge on any atom is 0.232 e. The molecule has 0 spiro atoms. The molecule has 0 aliphatic carbocycles. The van der Waals surface area contributed by atoms with E-state index in [4.69, 9.17) is 10.5 Å². The number of pyridine rings is 1. The zero-order chi connectivity index (χ0) is 17.9. The molecule has 3 rings (SSSR count). The molecule has 0 saturated carbocycles. The van der Waals surface area contributed by atoms with Crippen LogP contribution in [-0.2, 0) is 12.0 Å². The van der Waals surface area contributed by atoms with Gasteiger partial charge in [0.1, 0.15) is 11.2 Å². The minimum Gasteiger partial charge on any atom is -0.480 e. The van der Waals surface area contributed by atoms with E-state index in [1.54, 1.807) is 18.0 Å². The van der Waals surface area contributed by atoms with E-state index >= 15 is 0 Å². The molecule has 2 N–H and O–H groups in total. The van der Waals surface area contributed by atoms with Crippen molar-refractivity contribution in [1.82, 2.24) is 15.0 Å². The number of amidine groups is 1. The molecule has 0 aromatic carbocycles. The maximum atomic E-state index is 12.4. The SMILES string of the molecule is COc1cnc(C(=O)Cc2ccnc([C@]3(C)CCSC(N)=N3)c2)cn1. The van der Waals surface area contributed by atoms with Crippen LogP contribution in [0.25, 0.3) is 0 Å². The topological polar surface area (TPSA) is 103 Å². The summed E-state index contributed by atoms with van der Waals surface area (Å²) < 4.78 is 4.95. The lowest BCUT2D eigenvalue weighted by Gasteiger charge is -2.28. The first-order valence-corrected chi connectivity index (χ1v) is 8.81. The Bertz CT molecular complexity index is 809. The van der Waals surface area contributed by atoms with Crippen molar-refractivity contribution in [3.63, 3.8) is 0 Å². The average molecular weight is 357 g/mol. The number of thioether (sulfide) groups is 1. The number of ether oxygens (including phenoxy) is 1. The largest absolute Gasteiger partial charge is 0.480 e. The van der Waals surface area contributed by atoms with Gasteiger partial charge >= 0.3 is 0 Å². The van der Waals surface area contributed by atoms with E-state index in [2.05, 4.69) is 19.9 Å². The molecule has 7 nitrogen and oxygen atoms in total. The Morgan fingerprint density at radius 2 is 2.20 bits per heavy atom. The second kappa shape index (κ2) is 7.18. The van der Waals surface area contributed by atoms with Gasteiger partial charge in [-0.3, -0.25) is 9.78 Å². The zero-order valence-corrected chi connectivity index (χ0v) is 14.9. The monoisotopic (exact) mass is 357 g/mol. The Hall–Kier alpha value is -2.48. The molecule has 0 fully saturated rings. The van der Waals surface area contributed by atoms with Gasteiger partial charge in [0.05, 0.1) is 25.2 Å². The van der Waals surface area contributed by atoms with Gasteiger partial charge in [-0.05, 0) is 31.0 Å². The minimum absolute atomic E-state index is 0.111. The van der Waals surface area contributed by atoms with Crippen molar-refractivity contribution >= 4 is 22.7 Å². The molecule has 0 bridgehead atoms. The number of ketones is 1. The van der Waals surface area contributed by atoms with Crippen molar-refractivity contribution in [2.45, 2.75) is 25.3 Å². The van der Waals surface area contributed by atoms with Crippen molar-refractivity contribution in [2.24, 2.45) is 10.7 Å². The summed E-state index contributed by atoms with van der Waals surface area (Å²) in [7, 11) is 1.50. The summed E-state index contributed by atoms with van der Waals surface area (Å²) in [5.74, 6) is 1.17. The lowest BCUT2D eigenvalue weighted by molar-refractivity contribution is 0.0987. The molecule has 1 aliphatic rings. The van der Waals surface area contributed by atoms with Crippen molar-refractivity contribution in [3.8, 4) is 5.88 Å². The number of carbonyl (C=O) groups is 1. The van der Waals surface area contributed by atoms with Crippen LogP contribution in [0.2, 0.25) is 0 Å². The number of rotatable bonds is 5. The fourth-order valence-electron chi connectivity index (χ4n) is 2.59.